The van der Waals surface area contributed by atoms with Crippen molar-refractivity contribution in [2.24, 2.45) is 5.92 Å². The molecule has 2 fully saturated rings. The fraction of sp³-hybridized carbons (Fsp3) is 0.762. The molecular formula is C21H35N3O4S2. The Balaban J connectivity index is 1.68. The number of sulfonamides is 1. The van der Waals surface area contributed by atoms with Crippen molar-refractivity contribution < 1.29 is 17.9 Å². The standard InChI is InChI=1S/C21H35N3O4S2/c1-14(2)20(23-12-15(3)28-16(4)13-23)21(25)22-7-9-24(10-8-22)30(26,27)19-11-17(5)29-18(19)6/h11,14-16,20H,7-10,12-13H2,1-6H3. The first-order valence-corrected chi connectivity index (χ1v) is 13.0. The van der Waals surface area contributed by atoms with Crippen LogP contribution < -0.4 is 0 Å². The second-order valence-corrected chi connectivity index (χ2v) is 12.3. The lowest BCUT2D eigenvalue weighted by Crippen LogP contribution is -2.60. The van der Waals surface area contributed by atoms with Gasteiger partial charge in [0.25, 0.3) is 0 Å². The molecule has 0 aromatic carbocycles. The fourth-order valence-corrected chi connectivity index (χ4v) is 7.59. The molecule has 1 aromatic heterocycles. The Labute approximate surface area is 185 Å². The maximum Gasteiger partial charge on any atom is 0.244 e. The van der Waals surface area contributed by atoms with E-state index < -0.39 is 10.0 Å². The Morgan fingerprint density at radius 2 is 1.67 bits per heavy atom. The SMILES string of the molecule is Cc1cc(S(=O)(=O)N2CCN(C(=O)C(C(C)C)N3CC(C)OC(C)C3)CC2)c(C)s1. The van der Waals surface area contributed by atoms with Crippen LogP contribution in [-0.2, 0) is 19.6 Å². The molecule has 3 heterocycles. The van der Waals surface area contributed by atoms with Crippen molar-refractivity contribution in [3.8, 4) is 0 Å². The van der Waals surface area contributed by atoms with Gasteiger partial charge in [-0.05, 0) is 39.7 Å². The molecule has 9 heteroatoms. The topological polar surface area (TPSA) is 70.2 Å². The number of amides is 1. The summed E-state index contributed by atoms with van der Waals surface area (Å²) < 4.78 is 33.5. The van der Waals surface area contributed by atoms with Crippen LogP contribution in [0.3, 0.4) is 0 Å². The van der Waals surface area contributed by atoms with Gasteiger partial charge >= 0.3 is 0 Å². The largest absolute Gasteiger partial charge is 0.373 e. The van der Waals surface area contributed by atoms with Crippen LogP contribution in [0.25, 0.3) is 0 Å². The summed E-state index contributed by atoms with van der Waals surface area (Å²) in [5.74, 6) is 0.277. The van der Waals surface area contributed by atoms with Crippen LogP contribution in [0.15, 0.2) is 11.0 Å². The highest BCUT2D eigenvalue weighted by Crippen LogP contribution is 2.28. The van der Waals surface area contributed by atoms with Crippen LogP contribution in [0.1, 0.15) is 37.4 Å². The van der Waals surface area contributed by atoms with E-state index in [0.29, 0.717) is 31.1 Å². The van der Waals surface area contributed by atoms with Gasteiger partial charge in [0.2, 0.25) is 15.9 Å². The quantitative estimate of drug-likeness (QED) is 0.679. The Bertz CT molecular complexity index is 850. The van der Waals surface area contributed by atoms with Crippen LogP contribution >= 0.6 is 11.3 Å². The first-order chi connectivity index (χ1) is 14.0. The summed E-state index contributed by atoms with van der Waals surface area (Å²) >= 11 is 1.50. The number of carbonyl (C=O) groups excluding carboxylic acids is 1. The molecule has 1 amide bonds. The summed E-state index contributed by atoms with van der Waals surface area (Å²) in [5, 5.41) is 0. The molecule has 3 unspecified atom stereocenters. The van der Waals surface area contributed by atoms with E-state index in [1.807, 2.05) is 32.6 Å². The smallest absolute Gasteiger partial charge is 0.244 e. The minimum absolute atomic E-state index is 0.0992. The Kier molecular flexibility index (Phi) is 7.29. The number of aryl methyl sites for hydroxylation is 2. The summed E-state index contributed by atoms with van der Waals surface area (Å²) in [6, 6.07) is 1.55. The average molecular weight is 458 g/mol. The molecular weight excluding hydrogens is 422 g/mol. The molecule has 30 heavy (non-hydrogen) atoms. The van der Waals surface area contributed by atoms with E-state index in [2.05, 4.69) is 18.7 Å². The second-order valence-electron chi connectivity index (χ2n) is 8.91. The van der Waals surface area contributed by atoms with Crippen molar-refractivity contribution in [3.63, 3.8) is 0 Å². The van der Waals surface area contributed by atoms with Gasteiger partial charge < -0.3 is 9.64 Å². The zero-order chi connectivity index (χ0) is 22.2. The number of hydrogen-bond donors (Lipinski definition) is 0. The molecule has 0 bridgehead atoms. The number of carbonyl (C=O) groups is 1. The Morgan fingerprint density at radius 1 is 1.10 bits per heavy atom. The predicted octanol–water partition coefficient (Wildman–Crippen LogP) is 2.33. The summed E-state index contributed by atoms with van der Waals surface area (Å²) in [6.07, 6.45) is 0.198. The highest BCUT2D eigenvalue weighted by atomic mass is 32.2. The third-order valence-electron chi connectivity index (χ3n) is 5.89. The van der Waals surface area contributed by atoms with Gasteiger partial charge in [-0.2, -0.15) is 4.31 Å². The lowest BCUT2D eigenvalue weighted by Gasteiger charge is -2.43. The molecule has 170 valence electrons. The molecule has 2 aliphatic rings. The Morgan fingerprint density at radius 3 is 2.13 bits per heavy atom. The van der Waals surface area contributed by atoms with E-state index in [1.54, 1.807) is 6.07 Å². The molecule has 2 aliphatic heterocycles. The van der Waals surface area contributed by atoms with E-state index in [9.17, 15) is 13.2 Å². The lowest BCUT2D eigenvalue weighted by atomic mass is 9.98. The monoisotopic (exact) mass is 457 g/mol. The molecule has 7 nitrogen and oxygen atoms in total. The highest BCUT2D eigenvalue weighted by Gasteiger charge is 2.38. The highest BCUT2D eigenvalue weighted by molar-refractivity contribution is 7.89. The van der Waals surface area contributed by atoms with Crippen LogP contribution in [0, 0.1) is 19.8 Å². The normalized spacial score (nSPS) is 25.6. The minimum atomic E-state index is -3.51. The molecule has 2 saturated heterocycles. The Hall–Kier alpha value is -1.00. The first kappa shape index (κ1) is 23.7. The molecule has 0 spiro atoms. The van der Waals surface area contributed by atoms with Gasteiger partial charge in [-0.25, -0.2) is 8.42 Å². The van der Waals surface area contributed by atoms with Crippen molar-refractivity contribution in [3.05, 3.63) is 15.8 Å². The van der Waals surface area contributed by atoms with E-state index in [4.69, 9.17) is 4.74 Å². The van der Waals surface area contributed by atoms with Crippen LogP contribution in [0.4, 0.5) is 0 Å². The van der Waals surface area contributed by atoms with Crippen molar-refractivity contribution in [2.75, 3.05) is 39.3 Å². The van der Waals surface area contributed by atoms with Gasteiger partial charge in [0.15, 0.2) is 0 Å². The van der Waals surface area contributed by atoms with E-state index in [1.165, 1.54) is 15.6 Å². The van der Waals surface area contributed by atoms with Gasteiger partial charge in [-0.1, -0.05) is 13.8 Å². The van der Waals surface area contributed by atoms with Crippen molar-refractivity contribution in [1.82, 2.24) is 14.1 Å². The van der Waals surface area contributed by atoms with Gasteiger partial charge in [0.05, 0.1) is 23.1 Å². The number of ether oxygens (including phenoxy) is 1. The van der Waals surface area contributed by atoms with E-state index in [-0.39, 0.29) is 30.1 Å². The summed E-state index contributed by atoms with van der Waals surface area (Å²) in [4.78, 5) is 19.7. The van der Waals surface area contributed by atoms with Crippen molar-refractivity contribution >= 4 is 27.3 Å². The number of nitrogens with zero attached hydrogens (tertiary/aromatic N) is 3. The molecule has 0 N–H and O–H groups in total. The first-order valence-electron chi connectivity index (χ1n) is 10.8. The zero-order valence-corrected chi connectivity index (χ0v) is 20.6. The third-order valence-corrected chi connectivity index (χ3v) is 9.01. The molecule has 3 rings (SSSR count). The fourth-order valence-electron chi connectivity index (χ4n) is 4.65. The van der Waals surface area contributed by atoms with Crippen LogP contribution in [0.5, 0.6) is 0 Å². The van der Waals surface area contributed by atoms with E-state index >= 15 is 0 Å². The molecule has 0 radical (unpaired) electrons. The molecule has 1 aromatic rings. The van der Waals surface area contributed by atoms with Crippen molar-refractivity contribution in [1.29, 1.82) is 0 Å². The van der Waals surface area contributed by atoms with E-state index in [0.717, 1.165) is 22.8 Å². The number of piperazine rings is 1. The third kappa shape index (κ3) is 4.91. The average Bonchev–Trinajstić information content (AvgIpc) is 3.00. The predicted molar refractivity (Wildman–Crippen MR) is 119 cm³/mol. The molecule has 0 saturated carbocycles. The summed E-state index contributed by atoms with van der Waals surface area (Å²) in [6.45, 7) is 15.0. The lowest BCUT2D eigenvalue weighted by molar-refractivity contribution is -0.146. The van der Waals surface area contributed by atoms with Crippen LogP contribution in [-0.4, -0.2) is 85.9 Å². The maximum absolute atomic E-state index is 13.4. The molecule has 0 aliphatic carbocycles. The van der Waals surface area contributed by atoms with Crippen LogP contribution in [0.2, 0.25) is 0 Å². The van der Waals surface area contributed by atoms with Gasteiger partial charge in [-0.15, -0.1) is 11.3 Å². The number of thiophene rings is 1. The maximum atomic E-state index is 13.4. The zero-order valence-electron chi connectivity index (χ0n) is 18.9. The molecule has 3 atom stereocenters. The minimum Gasteiger partial charge on any atom is -0.373 e. The number of morpholine rings is 1. The number of rotatable bonds is 5. The summed E-state index contributed by atoms with van der Waals surface area (Å²) in [7, 11) is -3.51. The van der Waals surface area contributed by atoms with Gasteiger partial charge in [-0.3, -0.25) is 9.69 Å². The van der Waals surface area contributed by atoms with Gasteiger partial charge in [0.1, 0.15) is 0 Å². The van der Waals surface area contributed by atoms with Gasteiger partial charge in [0, 0.05) is 49.0 Å². The second kappa shape index (κ2) is 9.24. The number of hydrogen-bond acceptors (Lipinski definition) is 6. The van der Waals surface area contributed by atoms with Crippen molar-refractivity contribution in [2.45, 2.75) is 64.7 Å². The summed E-state index contributed by atoms with van der Waals surface area (Å²) in [5.41, 5.74) is 0.